The molecule has 2 heterocycles. The van der Waals surface area contributed by atoms with Gasteiger partial charge in [-0.25, -0.2) is 4.98 Å². The number of amides is 1. The average Bonchev–Trinajstić information content (AvgIpc) is 2.71. The molecule has 0 aliphatic rings. The maximum absolute atomic E-state index is 12.5. The summed E-state index contributed by atoms with van der Waals surface area (Å²) in [5.41, 5.74) is 8.44. The highest BCUT2D eigenvalue weighted by Crippen LogP contribution is 2.33. The van der Waals surface area contributed by atoms with Gasteiger partial charge in [-0.2, -0.15) is 10.5 Å². The molecule has 0 fully saturated rings. The second kappa shape index (κ2) is 8.59. The van der Waals surface area contributed by atoms with E-state index in [1.165, 1.54) is 0 Å². The Kier molecular flexibility index (Phi) is 5.96. The summed E-state index contributed by atoms with van der Waals surface area (Å²) in [5.74, 6) is -0.216. The molecule has 144 valence electrons. The highest BCUT2D eigenvalue weighted by atomic mass is 32.2. The minimum Gasteiger partial charge on any atom is -0.383 e. The molecule has 7 nitrogen and oxygen atoms in total. The van der Waals surface area contributed by atoms with Crippen LogP contribution in [0.3, 0.4) is 0 Å². The van der Waals surface area contributed by atoms with E-state index in [2.05, 4.69) is 21.4 Å². The Morgan fingerprint density at radius 2 is 1.97 bits per heavy atom. The van der Waals surface area contributed by atoms with Gasteiger partial charge in [-0.05, 0) is 35.7 Å². The van der Waals surface area contributed by atoms with Crippen molar-refractivity contribution in [3.05, 3.63) is 53.2 Å². The summed E-state index contributed by atoms with van der Waals surface area (Å²) in [6.45, 7) is 3.76. The summed E-state index contributed by atoms with van der Waals surface area (Å²) >= 11 is 1.12. The quantitative estimate of drug-likeness (QED) is 0.621. The van der Waals surface area contributed by atoms with Crippen molar-refractivity contribution in [2.75, 3.05) is 16.8 Å². The van der Waals surface area contributed by atoms with Crippen LogP contribution in [-0.2, 0) is 4.79 Å². The van der Waals surface area contributed by atoms with E-state index in [-0.39, 0.29) is 34.5 Å². The number of carbonyl (C=O) groups is 1. The fourth-order valence-electron chi connectivity index (χ4n) is 3.04. The molecular weight excluding hydrogens is 384 g/mol. The first-order valence-electron chi connectivity index (χ1n) is 8.86. The van der Waals surface area contributed by atoms with Crippen molar-refractivity contribution in [3.63, 3.8) is 0 Å². The number of thioether (sulfide) groups is 1. The zero-order chi connectivity index (χ0) is 21.0. The summed E-state index contributed by atoms with van der Waals surface area (Å²) in [4.78, 5) is 21.0. The van der Waals surface area contributed by atoms with Gasteiger partial charge >= 0.3 is 0 Å². The summed E-state index contributed by atoms with van der Waals surface area (Å²) < 4.78 is 0. The Morgan fingerprint density at radius 3 is 2.66 bits per heavy atom. The normalized spacial score (nSPS) is 10.5. The number of fused-ring (bicyclic) bond motifs is 1. The first-order valence-corrected chi connectivity index (χ1v) is 9.84. The lowest BCUT2D eigenvalue weighted by Gasteiger charge is -2.15. The van der Waals surface area contributed by atoms with Crippen molar-refractivity contribution in [2.45, 2.75) is 24.8 Å². The second-order valence-electron chi connectivity index (χ2n) is 6.56. The molecule has 1 amide bonds. The molecular formula is C21H18N6OS. The maximum atomic E-state index is 12.5. The van der Waals surface area contributed by atoms with Crippen molar-refractivity contribution in [1.82, 2.24) is 9.97 Å². The number of nitrogens with one attached hydrogen (secondary N) is 1. The third-order valence-corrected chi connectivity index (χ3v) is 5.27. The predicted octanol–water partition coefficient (Wildman–Crippen LogP) is 3.81. The van der Waals surface area contributed by atoms with Crippen molar-refractivity contribution < 1.29 is 4.79 Å². The van der Waals surface area contributed by atoms with Crippen LogP contribution in [0.4, 0.5) is 11.5 Å². The molecule has 3 rings (SSSR count). The molecule has 0 radical (unpaired) electrons. The smallest absolute Gasteiger partial charge is 0.234 e. The fraction of sp³-hybridized carbons (Fsp3) is 0.190. The number of rotatable bonds is 5. The SMILES string of the molecule is CC(C)c1c(C#N)c(N)nc(SCC(=O)Nc2cccc3ncccc23)c1C#N. The highest BCUT2D eigenvalue weighted by Gasteiger charge is 2.21. The molecule has 1 aromatic carbocycles. The number of nitriles is 2. The summed E-state index contributed by atoms with van der Waals surface area (Å²) in [6.07, 6.45) is 1.69. The Hall–Kier alpha value is -3.62. The first-order chi connectivity index (χ1) is 14.0. The summed E-state index contributed by atoms with van der Waals surface area (Å²) in [6, 6.07) is 13.3. The average molecular weight is 402 g/mol. The number of hydrogen-bond donors (Lipinski definition) is 2. The first kappa shape index (κ1) is 20.1. The standard InChI is InChI=1S/C21H18N6OS/c1-12(2)19-14(9-22)20(24)27-21(15(19)10-23)29-11-18(28)26-17-7-3-6-16-13(17)5-4-8-25-16/h3-8,12H,11H2,1-2H3,(H2,24,27)(H,26,28). The number of benzene rings is 1. The third kappa shape index (κ3) is 4.13. The molecule has 0 aliphatic carbocycles. The molecule has 0 atom stereocenters. The van der Waals surface area contributed by atoms with E-state index in [1.54, 1.807) is 6.20 Å². The third-order valence-electron chi connectivity index (χ3n) is 4.29. The minimum atomic E-state index is -0.244. The number of carbonyl (C=O) groups excluding carboxylic acids is 1. The highest BCUT2D eigenvalue weighted by molar-refractivity contribution is 8.00. The zero-order valence-corrected chi connectivity index (χ0v) is 16.7. The topological polar surface area (TPSA) is 128 Å². The van der Waals surface area contributed by atoms with E-state index in [4.69, 9.17) is 5.73 Å². The van der Waals surface area contributed by atoms with Crippen molar-refractivity contribution >= 4 is 40.1 Å². The molecule has 0 spiro atoms. The molecule has 3 aromatic rings. The van der Waals surface area contributed by atoms with Crippen LogP contribution in [-0.4, -0.2) is 21.6 Å². The van der Waals surface area contributed by atoms with Crippen LogP contribution >= 0.6 is 11.8 Å². The van der Waals surface area contributed by atoms with Gasteiger partial charge in [0.15, 0.2) is 0 Å². The monoisotopic (exact) mass is 402 g/mol. The predicted molar refractivity (Wildman–Crippen MR) is 113 cm³/mol. The van der Waals surface area contributed by atoms with Crippen LogP contribution < -0.4 is 11.1 Å². The van der Waals surface area contributed by atoms with Crippen LogP contribution in [0.25, 0.3) is 10.9 Å². The Balaban J connectivity index is 1.84. The van der Waals surface area contributed by atoms with E-state index in [0.29, 0.717) is 16.3 Å². The van der Waals surface area contributed by atoms with E-state index in [0.717, 1.165) is 22.7 Å². The van der Waals surface area contributed by atoms with E-state index >= 15 is 0 Å². The number of hydrogen-bond acceptors (Lipinski definition) is 7. The van der Waals surface area contributed by atoms with Crippen LogP contribution in [0.2, 0.25) is 0 Å². The van der Waals surface area contributed by atoms with Crippen LogP contribution in [0.15, 0.2) is 41.6 Å². The van der Waals surface area contributed by atoms with Gasteiger partial charge in [0.05, 0.1) is 28.1 Å². The number of nitrogens with zero attached hydrogens (tertiary/aromatic N) is 4. The molecule has 29 heavy (non-hydrogen) atoms. The van der Waals surface area contributed by atoms with Gasteiger partial charge in [-0.1, -0.05) is 31.7 Å². The van der Waals surface area contributed by atoms with Gasteiger partial charge in [0, 0.05) is 11.6 Å². The van der Waals surface area contributed by atoms with Crippen molar-refractivity contribution in [1.29, 1.82) is 10.5 Å². The van der Waals surface area contributed by atoms with E-state index in [9.17, 15) is 15.3 Å². The molecule has 0 saturated carbocycles. The van der Waals surface area contributed by atoms with Gasteiger partial charge in [0.2, 0.25) is 5.91 Å². The number of nitrogen functional groups attached to an aromatic ring is 1. The van der Waals surface area contributed by atoms with Crippen LogP contribution in [0.1, 0.15) is 36.5 Å². The number of nitrogens with two attached hydrogens (primary N) is 1. The second-order valence-corrected chi connectivity index (χ2v) is 7.52. The Labute approximate surface area is 172 Å². The number of anilines is 2. The largest absolute Gasteiger partial charge is 0.383 e. The van der Waals surface area contributed by atoms with Crippen LogP contribution in [0, 0.1) is 22.7 Å². The maximum Gasteiger partial charge on any atom is 0.234 e. The van der Waals surface area contributed by atoms with Gasteiger partial charge in [-0.3, -0.25) is 9.78 Å². The van der Waals surface area contributed by atoms with Gasteiger partial charge < -0.3 is 11.1 Å². The molecule has 8 heteroatoms. The number of aromatic nitrogens is 2. The molecule has 0 bridgehead atoms. The van der Waals surface area contributed by atoms with E-state index < -0.39 is 0 Å². The van der Waals surface area contributed by atoms with Crippen molar-refractivity contribution in [3.8, 4) is 12.1 Å². The number of pyridine rings is 2. The lowest BCUT2D eigenvalue weighted by atomic mass is 9.94. The van der Waals surface area contributed by atoms with Crippen LogP contribution in [0.5, 0.6) is 0 Å². The van der Waals surface area contributed by atoms with E-state index in [1.807, 2.05) is 50.2 Å². The summed E-state index contributed by atoms with van der Waals surface area (Å²) in [7, 11) is 0. The lowest BCUT2D eigenvalue weighted by molar-refractivity contribution is -0.113. The van der Waals surface area contributed by atoms with Gasteiger partial charge in [-0.15, -0.1) is 0 Å². The van der Waals surface area contributed by atoms with Gasteiger partial charge in [0.25, 0.3) is 0 Å². The molecule has 0 unspecified atom stereocenters. The Morgan fingerprint density at radius 1 is 1.21 bits per heavy atom. The van der Waals surface area contributed by atoms with Crippen molar-refractivity contribution in [2.24, 2.45) is 0 Å². The molecule has 3 N–H and O–H groups in total. The minimum absolute atomic E-state index is 0.0429. The zero-order valence-electron chi connectivity index (χ0n) is 15.9. The fourth-order valence-corrected chi connectivity index (χ4v) is 3.84. The molecule has 2 aromatic heterocycles. The lowest BCUT2D eigenvalue weighted by Crippen LogP contribution is -2.15. The summed E-state index contributed by atoms with van der Waals surface area (Å²) in [5, 5.41) is 23.1. The molecule has 0 aliphatic heterocycles. The van der Waals surface area contributed by atoms with Gasteiger partial charge in [0.1, 0.15) is 23.0 Å². The Bertz CT molecular complexity index is 1170. The molecule has 0 saturated heterocycles.